The van der Waals surface area contributed by atoms with Gasteiger partial charge in [-0.25, -0.2) is 0 Å². The van der Waals surface area contributed by atoms with Crippen molar-refractivity contribution in [2.75, 3.05) is 0 Å². The first kappa shape index (κ1) is 14.9. The molecule has 116 valence electrons. The van der Waals surface area contributed by atoms with E-state index in [1.165, 1.54) is 43.2 Å². The topological polar surface area (TPSA) is 35.2 Å². The molecule has 1 fully saturated rings. The van der Waals surface area contributed by atoms with Crippen molar-refractivity contribution in [3.05, 3.63) is 29.3 Å². The van der Waals surface area contributed by atoms with Crippen LogP contribution in [0.1, 0.15) is 56.6 Å². The lowest BCUT2D eigenvalue weighted by molar-refractivity contribution is 0.140. The van der Waals surface area contributed by atoms with E-state index >= 15 is 0 Å². The van der Waals surface area contributed by atoms with Gasteiger partial charge in [-0.15, -0.1) is 0 Å². The second-order valence-corrected chi connectivity index (χ2v) is 7.18. The van der Waals surface area contributed by atoms with Gasteiger partial charge in [0, 0.05) is 12.5 Å². The molecule has 0 amide bonds. The molecule has 1 heterocycles. The third-order valence-electron chi connectivity index (χ3n) is 5.37. The fraction of sp³-hybridized carbons (Fsp3) is 0.684. The van der Waals surface area contributed by atoms with E-state index in [1.807, 2.05) is 0 Å². The molecule has 2 aliphatic rings. The van der Waals surface area contributed by atoms with Crippen LogP contribution in [0.25, 0.3) is 0 Å². The lowest BCUT2D eigenvalue weighted by Gasteiger charge is -2.35. The van der Waals surface area contributed by atoms with E-state index in [0.717, 1.165) is 24.5 Å². The molecule has 0 radical (unpaired) electrons. The first-order chi connectivity index (χ1) is 10.2. The fourth-order valence-corrected chi connectivity index (χ4v) is 4.24. The van der Waals surface area contributed by atoms with E-state index < -0.39 is 0 Å². The standard InChI is InChI=1S/C19H29NO/c1-3-4-14-6-7-18(20)15(10-14)11-17-12-16-9-13(2)5-8-19(16)21-17/h5,8-9,14-15,17-18H,3-4,6-7,10-12,20H2,1-2H3. The van der Waals surface area contributed by atoms with Crippen LogP contribution in [0.2, 0.25) is 0 Å². The Balaban J connectivity index is 1.59. The molecule has 1 aromatic rings. The van der Waals surface area contributed by atoms with Gasteiger partial charge in [-0.1, -0.05) is 37.5 Å². The number of ether oxygens (including phenoxy) is 1. The maximum atomic E-state index is 6.39. The summed E-state index contributed by atoms with van der Waals surface area (Å²) in [6.07, 6.45) is 9.06. The third kappa shape index (κ3) is 3.42. The summed E-state index contributed by atoms with van der Waals surface area (Å²) in [4.78, 5) is 0. The van der Waals surface area contributed by atoms with E-state index in [2.05, 4.69) is 32.0 Å². The highest BCUT2D eigenvalue weighted by molar-refractivity contribution is 5.40. The van der Waals surface area contributed by atoms with Crippen molar-refractivity contribution in [3.8, 4) is 5.75 Å². The molecule has 2 N–H and O–H groups in total. The predicted octanol–water partition coefficient (Wildman–Crippen LogP) is 4.23. The van der Waals surface area contributed by atoms with E-state index in [4.69, 9.17) is 10.5 Å². The average molecular weight is 287 g/mol. The van der Waals surface area contributed by atoms with Gasteiger partial charge in [0.25, 0.3) is 0 Å². The van der Waals surface area contributed by atoms with Crippen LogP contribution in [0.4, 0.5) is 0 Å². The smallest absolute Gasteiger partial charge is 0.123 e. The van der Waals surface area contributed by atoms with Crippen molar-refractivity contribution >= 4 is 0 Å². The van der Waals surface area contributed by atoms with Crippen LogP contribution in [-0.4, -0.2) is 12.1 Å². The highest BCUT2D eigenvalue weighted by Gasteiger charge is 2.32. The minimum atomic E-state index is 0.346. The van der Waals surface area contributed by atoms with Crippen molar-refractivity contribution in [3.63, 3.8) is 0 Å². The highest BCUT2D eigenvalue weighted by atomic mass is 16.5. The molecular weight excluding hydrogens is 258 g/mol. The Morgan fingerprint density at radius 2 is 2.14 bits per heavy atom. The second-order valence-electron chi connectivity index (χ2n) is 7.18. The fourth-order valence-electron chi connectivity index (χ4n) is 4.24. The second kappa shape index (κ2) is 6.39. The van der Waals surface area contributed by atoms with Gasteiger partial charge < -0.3 is 10.5 Å². The van der Waals surface area contributed by atoms with Gasteiger partial charge in [-0.3, -0.25) is 0 Å². The summed E-state index contributed by atoms with van der Waals surface area (Å²) in [5.41, 5.74) is 9.10. The summed E-state index contributed by atoms with van der Waals surface area (Å²) in [7, 11) is 0. The van der Waals surface area contributed by atoms with Crippen molar-refractivity contribution in [1.29, 1.82) is 0 Å². The van der Waals surface area contributed by atoms with E-state index in [0.29, 0.717) is 18.1 Å². The molecule has 1 aliphatic heterocycles. The van der Waals surface area contributed by atoms with Gasteiger partial charge in [0.1, 0.15) is 11.9 Å². The van der Waals surface area contributed by atoms with Gasteiger partial charge in [-0.05, 0) is 56.1 Å². The maximum Gasteiger partial charge on any atom is 0.123 e. The van der Waals surface area contributed by atoms with Crippen LogP contribution in [0.15, 0.2) is 18.2 Å². The summed E-state index contributed by atoms with van der Waals surface area (Å²) in [5.74, 6) is 2.64. The molecule has 1 aromatic carbocycles. The monoisotopic (exact) mass is 287 g/mol. The first-order valence-corrected chi connectivity index (χ1v) is 8.67. The third-order valence-corrected chi connectivity index (χ3v) is 5.37. The number of hydrogen-bond acceptors (Lipinski definition) is 2. The molecule has 0 spiro atoms. The lowest BCUT2D eigenvalue weighted by atomic mass is 9.74. The van der Waals surface area contributed by atoms with Gasteiger partial charge in [0.2, 0.25) is 0 Å². The van der Waals surface area contributed by atoms with Crippen molar-refractivity contribution in [2.24, 2.45) is 17.6 Å². The normalized spacial score (nSPS) is 31.8. The molecule has 2 nitrogen and oxygen atoms in total. The number of aryl methyl sites for hydroxylation is 1. The van der Waals surface area contributed by atoms with Crippen molar-refractivity contribution < 1.29 is 4.74 Å². The van der Waals surface area contributed by atoms with Crippen molar-refractivity contribution in [2.45, 2.75) is 70.9 Å². The SMILES string of the molecule is CCCC1CCC(N)C(CC2Cc3cc(C)ccc3O2)C1. The zero-order chi connectivity index (χ0) is 14.8. The van der Waals surface area contributed by atoms with Crippen LogP contribution in [-0.2, 0) is 6.42 Å². The maximum absolute atomic E-state index is 6.39. The quantitative estimate of drug-likeness (QED) is 0.899. The van der Waals surface area contributed by atoms with E-state index in [1.54, 1.807) is 0 Å². The number of rotatable bonds is 4. The first-order valence-electron chi connectivity index (χ1n) is 8.67. The molecular formula is C19H29NO. The van der Waals surface area contributed by atoms with E-state index in [9.17, 15) is 0 Å². The number of benzene rings is 1. The van der Waals surface area contributed by atoms with Crippen LogP contribution in [0, 0.1) is 18.8 Å². The van der Waals surface area contributed by atoms with Gasteiger partial charge in [-0.2, -0.15) is 0 Å². The number of nitrogens with two attached hydrogens (primary N) is 1. The zero-order valence-corrected chi connectivity index (χ0v) is 13.5. The Bertz CT molecular complexity index is 484. The molecule has 1 aliphatic carbocycles. The molecule has 0 saturated heterocycles. The minimum absolute atomic E-state index is 0.346. The van der Waals surface area contributed by atoms with Crippen LogP contribution in [0.3, 0.4) is 0 Å². The Kier molecular flexibility index (Phi) is 4.54. The van der Waals surface area contributed by atoms with Crippen LogP contribution < -0.4 is 10.5 Å². The summed E-state index contributed by atoms with van der Waals surface area (Å²) >= 11 is 0. The van der Waals surface area contributed by atoms with Gasteiger partial charge in [0.15, 0.2) is 0 Å². The summed E-state index contributed by atoms with van der Waals surface area (Å²) in [5, 5.41) is 0. The molecule has 0 aromatic heterocycles. The Morgan fingerprint density at radius 1 is 1.29 bits per heavy atom. The Labute approximate surface area is 129 Å². The molecule has 4 unspecified atom stereocenters. The summed E-state index contributed by atoms with van der Waals surface area (Å²) in [6, 6.07) is 6.93. The Hall–Kier alpha value is -1.02. The molecule has 3 rings (SSSR count). The van der Waals surface area contributed by atoms with Gasteiger partial charge >= 0.3 is 0 Å². The predicted molar refractivity (Wildman–Crippen MR) is 87.6 cm³/mol. The molecule has 2 heteroatoms. The van der Waals surface area contributed by atoms with Crippen LogP contribution >= 0.6 is 0 Å². The Morgan fingerprint density at radius 3 is 2.95 bits per heavy atom. The molecule has 4 atom stereocenters. The van der Waals surface area contributed by atoms with E-state index in [-0.39, 0.29) is 0 Å². The highest BCUT2D eigenvalue weighted by Crippen LogP contribution is 2.37. The van der Waals surface area contributed by atoms with Gasteiger partial charge in [0.05, 0.1) is 0 Å². The molecule has 0 bridgehead atoms. The number of fused-ring (bicyclic) bond motifs is 1. The number of hydrogen-bond donors (Lipinski definition) is 1. The summed E-state index contributed by atoms with van der Waals surface area (Å²) in [6.45, 7) is 4.45. The molecule has 21 heavy (non-hydrogen) atoms. The van der Waals surface area contributed by atoms with Crippen LogP contribution in [0.5, 0.6) is 5.75 Å². The minimum Gasteiger partial charge on any atom is -0.490 e. The molecule has 1 saturated carbocycles. The zero-order valence-electron chi connectivity index (χ0n) is 13.5. The van der Waals surface area contributed by atoms with Crippen molar-refractivity contribution in [1.82, 2.24) is 0 Å². The summed E-state index contributed by atoms with van der Waals surface area (Å²) < 4.78 is 6.15. The largest absolute Gasteiger partial charge is 0.490 e. The lowest BCUT2D eigenvalue weighted by Crippen LogP contribution is -2.38. The average Bonchev–Trinajstić information content (AvgIpc) is 2.84.